The molecule has 1 aromatic heterocycles. The van der Waals surface area contributed by atoms with Gasteiger partial charge in [-0.15, -0.1) is 0 Å². The van der Waals surface area contributed by atoms with Crippen molar-refractivity contribution in [2.75, 3.05) is 23.7 Å². The van der Waals surface area contributed by atoms with E-state index in [0.717, 1.165) is 32.1 Å². The van der Waals surface area contributed by atoms with Crippen molar-refractivity contribution >= 4 is 41.1 Å². The van der Waals surface area contributed by atoms with Gasteiger partial charge in [0.15, 0.2) is 0 Å². The third kappa shape index (κ3) is 3.83. The van der Waals surface area contributed by atoms with Crippen molar-refractivity contribution in [2.45, 2.75) is 45.1 Å². The van der Waals surface area contributed by atoms with E-state index in [-0.39, 0.29) is 28.0 Å². The lowest BCUT2D eigenvalue weighted by molar-refractivity contribution is 0.149. The van der Waals surface area contributed by atoms with Crippen molar-refractivity contribution in [1.82, 2.24) is 14.9 Å². The molecule has 1 atom stereocenters. The number of carbonyl (C=O) groups is 1. The topological polar surface area (TPSA) is 113 Å². The molecule has 2 heterocycles. The molecule has 1 amide bonds. The number of carboxylic acid groups (broad SMARTS) is 1. The van der Waals surface area contributed by atoms with Gasteiger partial charge in [-0.3, -0.25) is 4.79 Å². The molecule has 1 saturated heterocycles. The molecule has 1 aliphatic carbocycles. The molecule has 31 heavy (non-hydrogen) atoms. The van der Waals surface area contributed by atoms with Crippen LogP contribution >= 0.6 is 23.2 Å². The average molecular weight is 466 g/mol. The Kier molecular flexibility index (Phi) is 5.79. The summed E-state index contributed by atoms with van der Waals surface area (Å²) in [7, 11) is 0. The van der Waals surface area contributed by atoms with Crippen LogP contribution in [0.25, 0.3) is 5.69 Å². The largest absolute Gasteiger partial charge is 0.465 e. The molecule has 2 fully saturated rings. The minimum Gasteiger partial charge on any atom is -0.465 e. The van der Waals surface area contributed by atoms with Crippen LogP contribution in [0.5, 0.6) is 0 Å². The maximum absolute atomic E-state index is 13.2. The van der Waals surface area contributed by atoms with E-state index in [1.54, 1.807) is 25.1 Å². The Morgan fingerprint density at radius 2 is 2.00 bits per heavy atom. The fourth-order valence-electron chi connectivity index (χ4n) is 5.09. The summed E-state index contributed by atoms with van der Waals surface area (Å²) in [4.78, 5) is 31.0. The molecule has 0 radical (unpaired) electrons. The van der Waals surface area contributed by atoms with Crippen molar-refractivity contribution in [3.8, 4) is 5.69 Å². The zero-order valence-electron chi connectivity index (χ0n) is 17.2. The lowest BCUT2D eigenvalue weighted by Gasteiger charge is -2.43. The van der Waals surface area contributed by atoms with Crippen LogP contribution in [0.15, 0.2) is 23.0 Å². The molecular weight excluding hydrogens is 441 g/mol. The first kappa shape index (κ1) is 21.8. The number of benzene rings is 1. The second-order valence-corrected chi connectivity index (χ2v) is 9.16. The first-order valence-corrected chi connectivity index (χ1v) is 11.1. The smallest absolute Gasteiger partial charge is 0.404 e. The number of hydrogen-bond donors (Lipinski definition) is 3. The van der Waals surface area contributed by atoms with Gasteiger partial charge in [0, 0.05) is 19.1 Å². The Bertz CT molecular complexity index is 1080. The van der Waals surface area contributed by atoms with Gasteiger partial charge >= 0.3 is 6.09 Å². The summed E-state index contributed by atoms with van der Waals surface area (Å²) < 4.78 is 1.28. The van der Waals surface area contributed by atoms with E-state index in [2.05, 4.69) is 15.2 Å². The highest BCUT2D eigenvalue weighted by Gasteiger charge is 2.45. The predicted molar refractivity (Wildman–Crippen MR) is 122 cm³/mol. The van der Waals surface area contributed by atoms with Gasteiger partial charge in [-0.1, -0.05) is 35.7 Å². The van der Waals surface area contributed by atoms with E-state index in [1.165, 1.54) is 4.57 Å². The molecule has 4 N–H and O–H groups in total. The van der Waals surface area contributed by atoms with Gasteiger partial charge in [0.1, 0.15) is 5.82 Å². The molecule has 0 bridgehead atoms. The van der Waals surface area contributed by atoms with Crippen molar-refractivity contribution in [1.29, 1.82) is 0 Å². The monoisotopic (exact) mass is 465 g/mol. The van der Waals surface area contributed by atoms with Crippen LogP contribution in [0.3, 0.4) is 0 Å². The predicted octanol–water partition coefficient (Wildman–Crippen LogP) is 3.84. The first-order valence-electron chi connectivity index (χ1n) is 10.3. The number of nitrogens with zero attached hydrogens (tertiary/aromatic N) is 3. The zero-order valence-corrected chi connectivity index (χ0v) is 18.7. The normalized spacial score (nSPS) is 20.2. The molecule has 1 aromatic carbocycles. The number of piperidine rings is 1. The summed E-state index contributed by atoms with van der Waals surface area (Å²) in [6, 6.07) is 4.99. The summed E-state index contributed by atoms with van der Waals surface area (Å²) in [5.41, 5.74) is 6.74. The number of hydrogen-bond acceptors (Lipinski definition) is 5. The number of nitrogens with one attached hydrogen (secondary N) is 1. The Labute approximate surface area is 190 Å². The van der Waals surface area contributed by atoms with E-state index in [9.17, 15) is 14.7 Å². The van der Waals surface area contributed by atoms with Gasteiger partial charge in [0.2, 0.25) is 5.95 Å². The van der Waals surface area contributed by atoms with Crippen molar-refractivity contribution in [2.24, 2.45) is 5.41 Å². The molecule has 8 nitrogen and oxygen atoms in total. The van der Waals surface area contributed by atoms with Gasteiger partial charge in [-0.05, 0) is 50.2 Å². The van der Waals surface area contributed by atoms with E-state index in [1.807, 2.05) is 0 Å². The minimum absolute atomic E-state index is 0.0238. The van der Waals surface area contributed by atoms with Crippen molar-refractivity contribution < 1.29 is 9.90 Å². The Morgan fingerprint density at radius 3 is 2.68 bits per heavy atom. The second-order valence-electron chi connectivity index (χ2n) is 8.38. The molecule has 2 aromatic rings. The Morgan fingerprint density at radius 1 is 1.29 bits per heavy atom. The van der Waals surface area contributed by atoms with Crippen LogP contribution in [0.2, 0.25) is 10.0 Å². The molecule has 10 heteroatoms. The zero-order chi connectivity index (χ0) is 22.3. The Balaban J connectivity index is 1.62. The van der Waals surface area contributed by atoms with E-state index < -0.39 is 6.09 Å². The van der Waals surface area contributed by atoms with Gasteiger partial charge in [-0.2, -0.15) is 4.98 Å². The quantitative estimate of drug-likeness (QED) is 0.634. The highest BCUT2D eigenvalue weighted by Crippen LogP contribution is 2.47. The number of anilines is 2. The highest BCUT2D eigenvalue weighted by molar-refractivity contribution is 6.43. The van der Waals surface area contributed by atoms with E-state index in [4.69, 9.17) is 28.9 Å². The van der Waals surface area contributed by atoms with E-state index in [0.29, 0.717) is 35.2 Å². The van der Waals surface area contributed by atoms with Crippen molar-refractivity contribution in [3.63, 3.8) is 0 Å². The molecule has 1 saturated carbocycles. The van der Waals surface area contributed by atoms with E-state index >= 15 is 0 Å². The fraction of sp³-hybridized carbons (Fsp3) is 0.476. The molecule has 166 valence electrons. The van der Waals surface area contributed by atoms with Crippen molar-refractivity contribution in [3.05, 3.63) is 44.2 Å². The van der Waals surface area contributed by atoms with Crippen LogP contribution in [0.1, 0.15) is 37.7 Å². The summed E-state index contributed by atoms with van der Waals surface area (Å²) in [6.07, 6.45) is 3.60. The standard InChI is InChI=1S/C21H25Cl2N5O3/c1-12-17(26-19(24)28(18(12)29)14-5-2-4-13(22)16(14)23)27-10-8-21(9-11-27)7-3-6-15(21)25-20(30)31/h2,4-5,15,25H,3,6-11H2,1H3,(H2,24,26)(H,30,31). The van der Waals surface area contributed by atoms with Gasteiger partial charge < -0.3 is 21.1 Å². The third-order valence-electron chi connectivity index (χ3n) is 6.74. The van der Waals surface area contributed by atoms with Gasteiger partial charge in [0.25, 0.3) is 5.56 Å². The average Bonchev–Trinajstić information content (AvgIpc) is 3.09. The number of nitrogen functional groups attached to an aromatic ring is 1. The summed E-state index contributed by atoms with van der Waals surface area (Å²) in [6.45, 7) is 3.10. The number of rotatable bonds is 3. The number of halogens is 2. The summed E-state index contributed by atoms with van der Waals surface area (Å²) in [5.74, 6) is 0.605. The lowest BCUT2D eigenvalue weighted by Crippen LogP contribution is -2.50. The van der Waals surface area contributed by atoms with Crippen LogP contribution < -0.4 is 21.5 Å². The third-order valence-corrected chi connectivity index (χ3v) is 7.55. The number of amides is 1. The summed E-state index contributed by atoms with van der Waals surface area (Å²) >= 11 is 12.4. The maximum Gasteiger partial charge on any atom is 0.404 e. The maximum atomic E-state index is 13.2. The molecular formula is C21H25Cl2N5O3. The van der Waals surface area contributed by atoms with Crippen LogP contribution in [-0.2, 0) is 0 Å². The molecule has 4 rings (SSSR count). The first-order chi connectivity index (χ1) is 14.7. The number of nitrogens with two attached hydrogens (primary N) is 1. The van der Waals surface area contributed by atoms with Crippen LogP contribution in [0.4, 0.5) is 16.6 Å². The molecule has 1 unspecified atom stereocenters. The van der Waals surface area contributed by atoms with Gasteiger partial charge in [0.05, 0.1) is 21.3 Å². The highest BCUT2D eigenvalue weighted by atomic mass is 35.5. The molecule has 1 spiro atoms. The Hall–Kier alpha value is -2.45. The molecule has 2 aliphatic rings. The lowest BCUT2D eigenvalue weighted by atomic mass is 9.74. The number of aromatic nitrogens is 2. The van der Waals surface area contributed by atoms with Crippen LogP contribution in [0, 0.1) is 12.3 Å². The second kappa shape index (κ2) is 8.24. The SMILES string of the molecule is Cc1c(N2CCC3(CCCC3NC(=O)O)CC2)nc(N)n(-c2cccc(Cl)c2Cl)c1=O. The summed E-state index contributed by atoms with van der Waals surface area (Å²) in [5, 5.41) is 12.4. The minimum atomic E-state index is -0.970. The van der Waals surface area contributed by atoms with Crippen LogP contribution in [-0.4, -0.2) is 39.9 Å². The van der Waals surface area contributed by atoms with Gasteiger partial charge in [-0.25, -0.2) is 9.36 Å². The fourth-order valence-corrected chi connectivity index (χ4v) is 5.47. The molecule has 1 aliphatic heterocycles.